The number of aromatic nitrogens is 3. The van der Waals surface area contributed by atoms with Crippen molar-refractivity contribution in [1.29, 1.82) is 0 Å². The smallest absolute Gasteiger partial charge is 0.343 e. The number of Topliss-reactive ketones (excluding diaryl/α,β-unsaturated/α-hetero) is 2. The molecule has 0 spiro atoms. The predicted octanol–water partition coefficient (Wildman–Crippen LogP) is 2.13. The van der Waals surface area contributed by atoms with Crippen molar-refractivity contribution in [3.05, 3.63) is 44.7 Å². The molecule has 0 fully saturated rings. The van der Waals surface area contributed by atoms with Gasteiger partial charge in [-0.3, -0.25) is 9.59 Å². The first-order valence-corrected chi connectivity index (χ1v) is 6.63. The van der Waals surface area contributed by atoms with E-state index in [4.69, 9.17) is 0 Å². The first-order chi connectivity index (χ1) is 10.2. The molecule has 0 saturated heterocycles. The molecule has 0 amide bonds. The van der Waals surface area contributed by atoms with Crippen LogP contribution in [0.3, 0.4) is 0 Å². The lowest BCUT2D eigenvalue weighted by atomic mass is 10.1. The van der Waals surface area contributed by atoms with E-state index in [1.54, 1.807) is 20.8 Å². The molecule has 8 heteroatoms. The maximum Gasteiger partial charge on any atom is 0.343 e. The highest BCUT2D eigenvalue weighted by atomic mass is 16.6. The van der Waals surface area contributed by atoms with Gasteiger partial charge in [-0.25, -0.2) is 9.55 Å². The van der Waals surface area contributed by atoms with Gasteiger partial charge < -0.3 is 15.1 Å². The van der Waals surface area contributed by atoms with Crippen molar-refractivity contribution in [3.63, 3.8) is 0 Å². The van der Waals surface area contributed by atoms with Gasteiger partial charge in [-0.05, 0) is 31.3 Å². The quantitative estimate of drug-likeness (QED) is 0.516. The molecule has 2 heterocycles. The third-order valence-electron chi connectivity index (χ3n) is 3.59. The molecule has 0 bridgehead atoms. The Morgan fingerprint density at radius 2 is 2.00 bits per heavy atom. The zero-order valence-electron chi connectivity index (χ0n) is 12.8. The van der Waals surface area contributed by atoms with Crippen LogP contribution in [0.25, 0.3) is 0 Å². The van der Waals surface area contributed by atoms with E-state index in [1.807, 2.05) is 0 Å². The van der Waals surface area contributed by atoms with Crippen molar-refractivity contribution in [2.45, 2.75) is 34.2 Å². The van der Waals surface area contributed by atoms with Gasteiger partial charge in [0, 0.05) is 18.2 Å². The molecule has 2 rings (SSSR count). The highest BCUT2D eigenvalue weighted by Gasteiger charge is 2.25. The van der Waals surface area contributed by atoms with Crippen LogP contribution in [0.15, 0.2) is 6.20 Å². The zero-order chi connectivity index (χ0) is 16.6. The highest BCUT2D eigenvalue weighted by Crippen LogP contribution is 2.21. The molecule has 0 aromatic carbocycles. The fraction of sp³-hybridized carbons (Fsp3) is 0.357. The summed E-state index contributed by atoms with van der Waals surface area (Å²) in [4.78, 5) is 41.2. The Hall–Kier alpha value is -2.77. The molecule has 0 aliphatic heterocycles. The van der Waals surface area contributed by atoms with Gasteiger partial charge in [0.05, 0.1) is 5.69 Å². The van der Waals surface area contributed by atoms with E-state index >= 15 is 0 Å². The fourth-order valence-corrected chi connectivity index (χ4v) is 2.58. The van der Waals surface area contributed by atoms with Gasteiger partial charge in [0.15, 0.2) is 18.2 Å². The molecule has 0 saturated carbocycles. The Bertz CT molecular complexity index is 785. The zero-order valence-corrected chi connectivity index (χ0v) is 12.8. The number of nitrogens with zero attached hydrogens (tertiary/aromatic N) is 3. The molecular formula is C14H16N4O4. The van der Waals surface area contributed by atoms with Crippen molar-refractivity contribution in [1.82, 2.24) is 14.5 Å². The van der Waals surface area contributed by atoms with E-state index < -0.39 is 4.92 Å². The minimum Gasteiger partial charge on any atom is -0.358 e. The maximum atomic E-state index is 12.4. The molecule has 0 atom stereocenters. The molecule has 2 aromatic rings. The first kappa shape index (κ1) is 15.6. The van der Waals surface area contributed by atoms with Gasteiger partial charge in [-0.2, -0.15) is 0 Å². The third-order valence-corrected chi connectivity index (χ3v) is 3.59. The van der Waals surface area contributed by atoms with Crippen LogP contribution < -0.4 is 0 Å². The monoisotopic (exact) mass is 304 g/mol. The average Bonchev–Trinajstić information content (AvgIpc) is 2.91. The Labute approximate surface area is 126 Å². The van der Waals surface area contributed by atoms with Crippen molar-refractivity contribution >= 4 is 17.4 Å². The fourth-order valence-electron chi connectivity index (χ4n) is 2.58. The minimum atomic E-state index is -0.582. The summed E-state index contributed by atoms with van der Waals surface area (Å²) >= 11 is 0. The van der Waals surface area contributed by atoms with Crippen LogP contribution in [-0.2, 0) is 6.54 Å². The second-order valence-corrected chi connectivity index (χ2v) is 5.11. The number of hydrogen-bond acceptors (Lipinski definition) is 5. The number of aromatic amines is 1. The number of carbonyl (C=O) groups is 2. The average molecular weight is 304 g/mol. The predicted molar refractivity (Wildman–Crippen MR) is 78.2 cm³/mol. The number of nitro groups is 1. The van der Waals surface area contributed by atoms with Crippen LogP contribution in [0.1, 0.15) is 44.9 Å². The van der Waals surface area contributed by atoms with Crippen LogP contribution in [0.4, 0.5) is 5.82 Å². The number of ketones is 2. The Balaban J connectivity index is 2.39. The lowest BCUT2D eigenvalue weighted by Crippen LogP contribution is -2.15. The molecular weight excluding hydrogens is 288 g/mol. The lowest BCUT2D eigenvalue weighted by Gasteiger charge is -2.02. The van der Waals surface area contributed by atoms with E-state index in [-0.39, 0.29) is 23.9 Å². The molecule has 116 valence electrons. The van der Waals surface area contributed by atoms with E-state index in [2.05, 4.69) is 9.97 Å². The first-order valence-electron chi connectivity index (χ1n) is 6.63. The number of rotatable bonds is 5. The summed E-state index contributed by atoms with van der Waals surface area (Å²) in [5, 5.41) is 10.9. The van der Waals surface area contributed by atoms with Crippen LogP contribution >= 0.6 is 0 Å². The summed E-state index contributed by atoms with van der Waals surface area (Å²) in [5.74, 6) is -0.321. The van der Waals surface area contributed by atoms with Gasteiger partial charge in [-0.15, -0.1) is 0 Å². The summed E-state index contributed by atoms with van der Waals surface area (Å²) in [5.41, 5.74) is 1.96. The van der Waals surface area contributed by atoms with Gasteiger partial charge in [0.25, 0.3) is 0 Å². The number of hydrogen-bond donors (Lipinski definition) is 1. The molecule has 0 aliphatic carbocycles. The summed E-state index contributed by atoms with van der Waals surface area (Å²) in [6.07, 6.45) is 1.12. The molecule has 0 aliphatic rings. The normalized spacial score (nSPS) is 10.7. The van der Waals surface area contributed by atoms with E-state index in [1.165, 1.54) is 11.5 Å². The van der Waals surface area contributed by atoms with E-state index in [9.17, 15) is 19.7 Å². The maximum absolute atomic E-state index is 12.4. The van der Waals surface area contributed by atoms with Crippen molar-refractivity contribution in [2.75, 3.05) is 0 Å². The molecule has 8 nitrogen and oxygen atoms in total. The van der Waals surface area contributed by atoms with E-state index in [0.29, 0.717) is 28.3 Å². The van der Waals surface area contributed by atoms with Gasteiger partial charge in [0.2, 0.25) is 5.78 Å². The van der Waals surface area contributed by atoms with E-state index in [0.717, 1.165) is 6.20 Å². The standard InChI is InChI=1S/C14H16N4O4/c1-7-13(9(3)19)8(2)16-14(7)11(20)6-17-10(4)15-5-12(17)18(21)22/h5,16H,6H2,1-4H3. The largest absolute Gasteiger partial charge is 0.358 e. The molecule has 0 unspecified atom stereocenters. The van der Waals surface area contributed by atoms with Crippen LogP contribution in [0.5, 0.6) is 0 Å². The van der Waals surface area contributed by atoms with Crippen molar-refractivity contribution < 1.29 is 14.5 Å². The number of nitrogens with one attached hydrogen (secondary N) is 1. The number of carbonyl (C=O) groups excluding carboxylic acids is 2. The second kappa shape index (κ2) is 5.55. The molecule has 22 heavy (non-hydrogen) atoms. The van der Waals surface area contributed by atoms with Gasteiger partial charge in [-0.1, -0.05) is 0 Å². The molecule has 1 N–H and O–H groups in total. The topological polar surface area (TPSA) is 111 Å². The Morgan fingerprint density at radius 1 is 1.36 bits per heavy atom. The number of imidazole rings is 1. The minimum absolute atomic E-state index is 0.130. The van der Waals surface area contributed by atoms with Crippen molar-refractivity contribution in [2.24, 2.45) is 0 Å². The van der Waals surface area contributed by atoms with Crippen LogP contribution in [0, 0.1) is 30.9 Å². The highest BCUT2D eigenvalue weighted by molar-refractivity contribution is 6.03. The number of aryl methyl sites for hydroxylation is 2. The number of H-pyrrole nitrogens is 1. The Morgan fingerprint density at radius 3 is 2.50 bits per heavy atom. The molecule has 2 aromatic heterocycles. The molecule has 0 radical (unpaired) electrons. The Kier molecular flexibility index (Phi) is 3.94. The summed E-state index contributed by atoms with van der Waals surface area (Å²) in [6.45, 7) is 6.21. The third kappa shape index (κ3) is 2.54. The van der Waals surface area contributed by atoms with Gasteiger partial charge >= 0.3 is 5.82 Å². The second-order valence-electron chi connectivity index (χ2n) is 5.11. The van der Waals surface area contributed by atoms with Crippen molar-refractivity contribution in [3.8, 4) is 0 Å². The SMILES string of the molecule is CC(=O)c1c(C)[nH]c(C(=O)Cn2c([N+](=O)[O-])cnc2C)c1C. The van der Waals surface area contributed by atoms with Gasteiger partial charge in [0.1, 0.15) is 6.20 Å². The van der Waals surface area contributed by atoms with Crippen LogP contribution in [0.2, 0.25) is 0 Å². The summed E-state index contributed by atoms with van der Waals surface area (Å²) in [7, 11) is 0. The summed E-state index contributed by atoms with van der Waals surface area (Å²) in [6, 6.07) is 0. The van der Waals surface area contributed by atoms with Crippen LogP contribution in [-0.4, -0.2) is 31.0 Å². The summed E-state index contributed by atoms with van der Waals surface area (Å²) < 4.78 is 1.24. The lowest BCUT2D eigenvalue weighted by molar-refractivity contribution is -0.392.